The van der Waals surface area contributed by atoms with Crippen LogP contribution in [-0.4, -0.2) is 47.0 Å². The van der Waals surface area contributed by atoms with Gasteiger partial charge in [-0.15, -0.1) is 0 Å². The molecular weight excluding hydrogens is 340 g/mol. The van der Waals surface area contributed by atoms with Crippen molar-refractivity contribution in [1.82, 2.24) is 10.3 Å². The SMILES string of the molecule is COC(=O)c1ccnc(C(O)C(O)CNC(=O)OCc2ccccc2)c1. The number of benzene rings is 1. The van der Waals surface area contributed by atoms with Crippen molar-refractivity contribution in [3.05, 3.63) is 65.5 Å². The molecule has 2 unspecified atom stereocenters. The van der Waals surface area contributed by atoms with Crippen molar-refractivity contribution in [2.45, 2.75) is 18.8 Å². The number of esters is 1. The minimum atomic E-state index is -1.39. The van der Waals surface area contributed by atoms with Gasteiger partial charge in [-0.3, -0.25) is 4.98 Å². The van der Waals surface area contributed by atoms with Gasteiger partial charge in [0.1, 0.15) is 18.8 Å². The number of nitrogens with zero attached hydrogens (tertiary/aromatic N) is 1. The van der Waals surface area contributed by atoms with Crippen LogP contribution in [0.2, 0.25) is 0 Å². The number of hydrogen-bond acceptors (Lipinski definition) is 7. The van der Waals surface area contributed by atoms with Crippen LogP contribution in [0, 0.1) is 0 Å². The summed E-state index contributed by atoms with van der Waals surface area (Å²) in [5, 5.41) is 22.5. The van der Waals surface area contributed by atoms with Crippen LogP contribution >= 0.6 is 0 Å². The Bertz CT molecular complexity index is 737. The van der Waals surface area contributed by atoms with E-state index in [-0.39, 0.29) is 24.4 Å². The first kappa shape index (κ1) is 19.4. The Hall–Kier alpha value is -2.97. The maximum Gasteiger partial charge on any atom is 0.407 e. The van der Waals surface area contributed by atoms with Crippen LogP contribution in [-0.2, 0) is 16.1 Å². The van der Waals surface area contributed by atoms with Crippen molar-refractivity contribution in [3.63, 3.8) is 0 Å². The van der Waals surface area contributed by atoms with E-state index in [1.807, 2.05) is 30.3 Å². The molecule has 3 N–H and O–H groups in total. The van der Waals surface area contributed by atoms with Gasteiger partial charge in [0.15, 0.2) is 0 Å². The molecule has 1 amide bonds. The van der Waals surface area contributed by atoms with Crippen molar-refractivity contribution in [2.24, 2.45) is 0 Å². The van der Waals surface area contributed by atoms with Gasteiger partial charge >= 0.3 is 12.1 Å². The van der Waals surface area contributed by atoms with Gasteiger partial charge in [0, 0.05) is 12.7 Å². The summed E-state index contributed by atoms with van der Waals surface area (Å²) in [6, 6.07) is 11.9. The molecule has 1 aromatic carbocycles. The average molecular weight is 360 g/mol. The predicted molar refractivity (Wildman–Crippen MR) is 91.2 cm³/mol. The molecule has 8 heteroatoms. The van der Waals surface area contributed by atoms with E-state index >= 15 is 0 Å². The maximum atomic E-state index is 11.7. The highest BCUT2D eigenvalue weighted by molar-refractivity contribution is 5.89. The summed E-state index contributed by atoms with van der Waals surface area (Å²) in [6.45, 7) is -0.160. The number of nitrogens with one attached hydrogen (secondary N) is 1. The van der Waals surface area contributed by atoms with E-state index in [2.05, 4.69) is 15.0 Å². The molecule has 0 bridgehead atoms. The summed E-state index contributed by atoms with van der Waals surface area (Å²) in [6.07, 6.45) is -2.14. The fraction of sp³-hybridized carbons (Fsp3) is 0.278. The van der Waals surface area contributed by atoms with Crippen LogP contribution in [0.4, 0.5) is 4.79 Å². The third-order valence-corrected chi connectivity index (χ3v) is 3.54. The molecule has 0 aliphatic rings. The van der Waals surface area contributed by atoms with Crippen LogP contribution in [0.1, 0.15) is 27.7 Å². The van der Waals surface area contributed by atoms with E-state index in [0.717, 1.165) is 5.56 Å². The van der Waals surface area contributed by atoms with Crippen molar-refractivity contribution >= 4 is 12.1 Å². The zero-order valence-electron chi connectivity index (χ0n) is 14.2. The second kappa shape index (κ2) is 9.50. The maximum absolute atomic E-state index is 11.7. The second-order valence-electron chi connectivity index (χ2n) is 5.42. The number of hydrogen-bond donors (Lipinski definition) is 3. The summed E-state index contributed by atoms with van der Waals surface area (Å²) in [7, 11) is 1.23. The zero-order valence-corrected chi connectivity index (χ0v) is 14.2. The van der Waals surface area contributed by atoms with Gasteiger partial charge < -0.3 is 25.0 Å². The first-order valence-electron chi connectivity index (χ1n) is 7.86. The Morgan fingerprint density at radius 2 is 1.92 bits per heavy atom. The molecule has 0 aliphatic carbocycles. The van der Waals surface area contributed by atoms with Crippen LogP contribution in [0.15, 0.2) is 48.7 Å². The lowest BCUT2D eigenvalue weighted by atomic mass is 10.1. The molecule has 0 aliphatic heterocycles. The summed E-state index contributed by atoms with van der Waals surface area (Å²) in [5.74, 6) is -0.585. The summed E-state index contributed by atoms with van der Waals surface area (Å²) in [5.41, 5.74) is 1.10. The molecule has 0 saturated carbocycles. The van der Waals surface area contributed by atoms with Crippen molar-refractivity contribution in [2.75, 3.05) is 13.7 Å². The molecule has 138 valence electrons. The minimum absolute atomic E-state index is 0.0832. The summed E-state index contributed by atoms with van der Waals surface area (Å²) in [4.78, 5) is 27.1. The van der Waals surface area contributed by atoms with Gasteiger partial charge in [0.05, 0.1) is 18.4 Å². The molecule has 2 rings (SSSR count). The normalized spacial score (nSPS) is 12.7. The molecular formula is C18H20N2O6. The number of pyridine rings is 1. The highest BCUT2D eigenvalue weighted by Crippen LogP contribution is 2.16. The first-order valence-corrected chi connectivity index (χ1v) is 7.86. The number of aliphatic hydroxyl groups excluding tert-OH is 2. The molecule has 0 fully saturated rings. The third-order valence-electron chi connectivity index (χ3n) is 3.54. The zero-order chi connectivity index (χ0) is 18.9. The molecule has 2 atom stereocenters. The number of rotatable bonds is 7. The Balaban J connectivity index is 1.84. The topological polar surface area (TPSA) is 118 Å². The second-order valence-corrected chi connectivity index (χ2v) is 5.42. The van der Waals surface area contributed by atoms with Crippen LogP contribution in [0.25, 0.3) is 0 Å². The average Bonchev–Trinajstić information content (AvgIpc) is 2.70. The largest absolute Gasteiger partial charge is 0.465 e. The first-order chi connectivity index (χ1) is 12.5. The summed E-state index contributed by atoms with van der Waals surface area (Å²) >= 11 is 0. The highest BCUT2D eigenvalue weighted by Gasteiger charge is 2.22. The number of methoxy groups -OCH3 is 1. The lowest BCUT2D eigenvalue weighted by Gasteiger charge is -2.18. The number of ether oxygens (including phenoxy) is 2. The van der Waals surface area contributed by atoms with E-state index < -0.39 is 24.3 Å². The van der Waals surface area contributed by atoms with Crippen LogP contribution in [0.5, 0.6) is 0 Å². The van der Waals surface area contributed by atoms with Crippen molar-refractivity contribution in [3.8, 4) is 0 Å². The molecule has 1 heterocycles. The van der Waals surface area contributed by atoms with Gasteiger partial charge in [-0.2, -0.15) is 0 Å². The Morgan fingerprint density at radius 1 is 1.19 bits per heavy atom. The lowest BCUT2D eigenvalue weighted by Crippen LogP contribution is -2.36. The van der Waals surface area contributed by atoms with Crippen molar-refractivity contribution in [1.29, 1.82) is 0 Å². The molecule has 26 heavy (non-hydrogen) atoms. The van der Waals surface area contributed by atoms with E-state index in [1.165, 1.54) is 25.4 Å². The number of amides is 1. The minimum Gasteiger partial charge on any atom is -0.465 e. The Labute approximate surface area is 150 Å². The number of aliphatic hydroxyl groups is 2. The fourth-order valence-corrected chi connectivity index (χ4v) is 2.13. The van der Waals surface area contributed by atoms with Gasteiger partial charge in [-0.1, -0.05) is 30.3 Å². The molecule has 0 saturated heterocycles. The number of aromatic nitrogens is 1. The lowest BCUT2D eigenvalue weighted by molar-refractivity contribution is 0.0158. The number of carbonyl (C=O) groups excluding carboxylic acids is 2. The van der Waals surface area contributed by atoms with E-state index in [1.54, 1.807) is 0 Å². The quantitative estimate of drug-likeness (QED) is 0.635. The number of alkyl carbamates (subject to hydrolysis) is 1. The van der Waals surface area contributed by atoms with Gasteiger partial charge in [-0.05, 0) is 17.7 Å². The van der Waals surface area contributed by atoms with E-state index in [0.29, 0.717) is 0 Å². The summed E-state index contributed by atoms with van der Waals surface area (Å²) < 4.78 is 9.60. The Morgan fingerprint density at radius 3 is 2.62 bits per heavy atom. The molecule has 8 nitrogen and oxygen atoms in total. The van der Waals surface area contributed by atoms with Gasteiger partial charge in [0.25, 0.3) is 0 Å². The molecule has 2 aromatic rings. The number of carbonyl (C=O) groups is 2. The van der Waals surface area contributed by atoms with E-state index in [4.69, 9.17) is 4.74 Å². The van der Waals surface area contributed by atoms with Crippen LogP contribution in [0.3, 0.4) is 0 Å². The predicted octanol–water partition coefficient (Wildman–Crippen LogP) is 1.19. The van der Waals surface area contributed by atoms with Crippen molar-refractivity contribution < 1.29 is 29.3 Å². The molecule has 1 aromatic heterocycles. The van der Waals surface area contributed by atoms with Gasteiger partial charge in [-0.25, -0.2) is 9.59 Å². The molecule has 0 spiro atoms. The Kier molecular flexibility index (Phi) is 7.07. The highest BCUT2D eigenvalue weighted by atomic mass is 16.5. The fourth-order valence-electron chi connectivity index (χ4n) is 2.13. The third kappa shape index (κ3) is 5.54. The van der Waals surface area contributed by atoms with E-state index in [9.17, 15) is 19.8 Å². The molecule has 0 radical (unpaired) electrons. The van der Waals surface area contributed by atoms with Gasteiger partial charge in [0.2, 0.25) is 0 Å². The smallest absolute Gasteiger partial charge is 0.407 e. The van der Waals surface area contributed by atoms with Crippen LogP contribution < -0.4 is 5.32 Å². The monoisotopic (exact) mass is 360 g/mol. The standard InChI is InChI=1S/C18H20N2O6/c1-25-17(23)13-7-8-19-14(9-13)16(22)15(21)10-20-18(24)26-11-12-5-3-2-4-6-12/h2-9,15-16,21-22H,10-11H2,1H3,(H,20,24).